The number of benzene rings is 4. The van der Waals surface area contributed by atoms with E-state index >= 15 is 0 Å². The number of unbranched alkanes of at least 4 members (excludes halogenated alkanes) is 17. The fourth-order valence-corrected chi connectivity index (χ4v) is 8.10. The largest absolute Gasteiger partial charge is 0.399 e. The molecule has 0 bridgehead atoms. The zero-order valence-corrected chi connectivity index (χ0v) is 34.6. The first kappa shape index (κ1) is 43.2. The second kappa shape index (κ2) is 26.3. The molecule has 0 aliphatic heterocycles. The monoisotopic (exact) mass is 729 g/mol. The van der Waals surface area contributed by atoms with Gasteiger partial charge in [0, 0.05) is 11.4 Å². The van der Waals surface area contributed by atoms with E-state index in [1.807, 2.05) is 24.3 Å². The fraction of sp³-hybridized carbons (Fsp3) is 0.538. The summed E-state index contributed by atoms with van der Waals surface area (Å²) in [6.07, 6.45) is 34.1. The summed E-state index contributed by atoms with van der Waals surface area (Å²) in [6.45, 7) is 4.60. The molecule has 54 heavy (non-hydrogen) atoms. The molecule has 0 amide bonds. The molecule has 4 aromatic carbocycles. The summed E-state index contributed by atoms with van der Waals surface area (Å²) in [5.41, 5.74) is 25.5. The van der Waals surface area contributed by atoms with Gasteiger partial charge in [-0.1, -0.05) is 177 Å². The van der Waals surface area contributed by atoms with E-state index in [9.17, 15) is 0 Å². The van der Waals surface area contributed by atoms with E-state index in [0.717, 1.165) is 24.2 Å². The molecule has 0 aromatic heterocycles. The summed E-state index contributed by atoms with van der Waals surface area (Å²) in [5, 5.41) is 0. The molecule has 0 aliphatic rings. The van der Waals surface area contributed by atoms with Crippen LogP contribution in [0.25, 0.3) is 0 Å². The second-order valence-corrected chi connectivity index (χ2v) is 16.4. The van der Waals surface area contributed by atoms with Gasteiger partial charge in [0.15, 0.2) is 0 Å². The van der Waals surface area contributed by atoms with Crippen LogP contribution < -0.4 is 11.5 Å². The topological polar surface area (TPSA) is 52.0 Å². The van der Waals surface area contributed by atoms with Crippen molar-refractivity contribution in [3.05, 3.63) is 129 Å². The van der Waals surface area contributed by atoms with Gasteiger partial charge in [-0.25, -0.2) is 0 Å². The van der Waals surface area contributed by atoms with Gasteiger partial charge < -0.3 is 11.5 Å². The number of nitrogen functional groups attached to an aromatic ring is 2. The van der Waals surface area contributed by atoms with Crippen molar-refractivity contribution in [3.8, 4) is 0 Å². The molecule has 2 nitrogen and oxygen atoms in total. The number of anilines is 2. The van der Waals surface area contributed by atoms with Gasteiger partial charge in [0.05, 0.1) is 0 Å². The molecule has 0 unspecified atom stereocenters. The molecule has 0 fully saturated rings. The molecule has 2 heteroatoms. The molecule has 0 saturated carbocycles. The van der Waals surface area contributed by atoms with Crippen LogP contribution in [0.15, 0.2) is 84.9 Å². The molecule has 294 valence electrons. The van der Waals surface area contributed by atoms with Crippen LogP contribution in [-0.4, -0.2) is 0 Å². The van der Waals surface area contributed by atoms with E-state index in [-0.39, 0.29) is 0 Å². The quantitative estimate of drug-likeness (QED) is 0.0432. The maximum atomic E-state index is 5.93. The third-order valence-corrected chi connectivity index (χ3v) is 11.6. The van der Waals surface area contributed by atoms with E-state index in [1.54, 1.807) is 11.1 Å². The van der Waals surface area contributed by atoms with Gasteiger partial charge in [-0.2, -0.15) is 0 Å². The zero-order chi connectivity index (χ0) is 38.1. The molecule has 0 radical (unpaired) electrons. The van der Waals surface area contributed by atoms with Crippen molar-refractivity contribution in [2.75, 3.05) is 11.5 Å². The van der Waals surface area contributed by atoms with Crippen LogP contribution >= 0.6 is 0 Å². The van der Waals surface area contributed by atoms with Gasteiger partial charge in [0.25, 0.3) is 0 Å². The lowest BCUT2D eigenvalue weighted by Crippen LogP contribution is -1.99. The molecule has 4 aromatic rings. The van der Waals surface area contributed by atoms with E-state index in [0.29, 0.717) is 0 Å². The summed E-state index contributed by atoms with van der Waals surface area (Å²) in [6, 6.07) is 31.6. The van der Waals surface area contributed by atoms with Gasteiger partial charge in [0.2, 0.25) is 0 Å². The van der Waals surface area contributed by atoms with E-state index < -0.39 is 0 Å². The predicted molar refractivity (Wildman–Crippen MR) is 239 cm³/mol. The van der Waals surface area contributed by atoms with Crippen LogP contribution in [0.5, 0.6) is 0 Å². The standard InChI is InChI=1S/C52H76N2/c1-3-5-7-21-25-47-39-43(27-33-49(47)41-45-29-35-51(53)36-30-45)23-19-17-15-13-11-9-10-12-14-16-18-20-24-44-28-34-50(42-46-31-37-52(54)38-32-46)48(40-44)26-22-8-6-4-2/h27-40H,3-26,41-42,53-54H2,1-2H3. The first-order valence-electron chi connectivity index (χ1n) is 22.4. The highest BCUT2D eigenvalue weighted by molar-refractivity contribution is 5.43. The summed E-state index contributed by atoms with van der Waals surface area (Å²) in [7, 11) is 0. The average Bonchev–Trinajstić information content (AvgIpc) is 3.18. The van der Waals surface area contributed by atoms with E-state index in [1.165, 1.54) is 187 Å². The number of hydrogen-bond donors (Lipinski definition) is 2. The third kappa shape index (κ3) is 17.3. The Labute approximate surface area is 332 Å². The Morgan fingerprint density at radius 1 is 0.296 bits per heavy atom. The number of aryl methyl sites for hydroxylation is 4. The lowest BCUT2D eigenvalue weighted by molar-refractivity contribution is 0.540. The number of hydrogen-bond acceptors (Lipinski definition) is 2. The highest BCUT2D eigenvalue weighted by Crippen LogP contribution is 2.24. The van der Waals surface area contributed by atoms with Crippen molar-refractivity contribution in [2.24, 2.45) is 0 Å². The van der Waals surface area contributed by atoms with Crippen LogP contribution in [0.4, 0.5) is 11.4 Å². The van der Waals surface area contributed by atoms with E-state index in [2.05, 4.69) is 74.5 Å². The van der Waals surface area contributed by atoms with Crippen molar-refractivity contribution < 1.29 is 0 Å². The van der Waals surface area contributed by atoms with Crippen molar-refractivity contribution in [2.45, 2.75) is 181 Å². The highest BCUT2D eigenvalue weighted by atomic mass is 14.5. The van der Waals surface area contributed by atoms with Crippen LogP contribution in [0, 0.1) is 0 Å². The smallest absolute Gasteiger partial charge is 0.0314 e. The SMILES string of the molecule is CCCCCCc1cc(CCCCCCCCCCCCCCc2ccc(Cc3ccc(N)cc3)c(CCCCCC)c2)ccc1Cc1ccc(N)cc1. The molecule has 0 atom stereocenters. The Balaban J connectivity index is 1.05. The molecule has 0 aliphatic carbocycles. The molecular formula is C52H76N2. The van der Waals surface area contributed by atoms with Crippen LogP contribution in [-0.2, 0) is 38.5 Å². The Kier molecular flexibility index (Phi) is 21.1. The lowest BCUT2D eigenvalue weighted by Gasteiger charge is -2.13. The first-order valence-corrected chi connectivity index (χ1v) is 22.4. The maximum absolute atomic E-state index is 5.93. The third-order valence-electron chi connectivity index (χ3n) is 11.6. The van der Waals surface area contributed by atoms with Gasteiger partial charge >= 0.3 is 0 Å². The van der Waals surface area contributed by atoms with Crippen molar-refractivity contribution >= 4 is 11.4 Å². The Bertz CT molecular complexity index is 1430. The fourth-order valence-electron chi connectivity index (χ4n) is 8.10. The van der Waals surface area contributed by atoms with Crippen LogP contribution in [0.2, 0.25) is 0 Å². The zero-order valence-electron chi connectivity index (χ0n) is 34.6. The van der Waals surface area contributed by atoms with E-state index in [4.69, 9.17) is 11.5 Å². The minimum atomic E-state index is 0.845. The molecule has 0 spiro atoms. The van der Waals surface area contributed by atoms with Gasteiger partial charge in [-0.15, -0.1) is 0 Å². The van der Waals surface area contributed by atoms with Crippen molar-refractivity contribution in [1.82, 2.24) is 0 Å². The minimum absolute atomic E-state index is 0.845. The van der Waals surface area contributed by atoms with Crippen molar-refractivity contribution in [1.29, 1.82) is 0 Å². The van der Waals surface area contributed by atoms with Gasteiger partial charge in [-0.3, -0.25) is 0 Å². The van der Waals surface area contributed by atoms with Crippen molar-refractivity contribution in [3.63, 3.8) is 0 Å². The maximum Gasteiger partial charge on any atom is 0.0314 e. The van der Waals surface area contributed by atoms with Gasteiger partial charge in [0.1, 0.15) is 0 Å². The molecule has 0 heterocycles. The molecule has 4 rings (SSSR count). The first-order chi connectivity index (χ1) is 26.5. The van der Waals surface area contributed by atoms with Crippen LogP contribution in [0.1, 0.15) is 187 Å². The Morgan fingerprint density at radius 2 is 0.593 bits per heavy atom. The highest BCUT2D eigenvalue weighted by Gasteiger charge is 2.09. The Hall–Kier alpha value is -3.52. The summed E-state index contributed by atoms with van der Waals surface area (Å²) in [4.78, 5) is 0. The summed E-state index contributed by atoms with van der Waals surface area (Å²) >= 11 is 0. The number of rotatable bonds is 29. The molecule has 0 saturated heterocycles. The molecular weight excluding hydrogens is 653 g/mol. The van der Waals surface area contributed by atoms with Crippen LogP contribution in [0.3, 0.4) is 0 Å². The summed E-state index contributed by atoms with van der Waals surface area (Å²) < 4.78 is 0. The molecule has 4 N–H and O–H groups in total. The normalized spacial score (nSPS) is 11.4. The second-order valence-electron chi connectivity index (χ2n) is 16.4. The van der Waals surface area contributed by atoms with Gasteiger partial charge in [-0.05, 0) is 133 Å². The lowest BCUT2D eigenvalue weighted by atomic mass is 9.92. The predicted octanol–water partition coefficient (Wildman–Crippen LogP) is 14.7. The number of nitrogens with two attached hydrogens (primary N) is 2. The minimum Gasteiger partial charge on any atom is -0.399 e. The Morgan fingerprint density at radius 3 is 0.944 bits per heavy atom. The average molecular weight is 729 g/mol. The summed E-state index contributed by atoms with van der Waals surface area (Å²) in [5.74, 6) is 0.